The van der Waals surface area contributed by atoms with Crippen molar-refractivity contribution >= 4 is 19.8 Å². The number of esters is 2. The Kier molecular flexibility index (Phi) is 38.7. The number of unbranched alkanes of at least 4 members (excludes halogenated alkanes) is 18. The molecule has 0 heterocycles. The Morgan fingerprint density at radius 2 is 1.00 bits per heavy atom. The molecule has 0 aliphatic carbocycles. The molecule has 0 aromatic carbocycles. The Labute approximate surface area is 337 Å². The number of phosphoric ester groups is 1. The third kappa shape index (κ3) is 41.4. The summed E-state index contributed by atoms with van der Waals surface area (Å²) in [7, 11) is -0.736. The molecular weight excluding hydrogens is 713 g/mol. The SMILES string of the molecule is CCCCCC/C=C\CCCCCCCCCC(=O)OC(COC(=O)CCC/C=C\C/C=C\C/C=C\CCCCCCCC)COP(=O)(O)OCCN(C)C. The molecule has 1 N–H and O–H groups in total. The Bertz CT molecular complexity index is 1060. The number of carbonyl (C=O) groups excluding carboxylic acids is 2. The fraction of sp³-hybridized carbons (Fsp3) is 0.778. The Hall–Kier alpha value is -2.03. The highest BCUT2D eigenvalue weighted by Gasteiger charge is 2.26. The number of carbonyl (C=O) groups is 2. The highest BCUT2D eigenvalue weighted by atomic mass is 31.2. The van der Waals surface area contributed by atoms with Crippen molar-refractivity contribution in [2.24, 2.45) is 0 Å². The number of rotatable bonds is 40. The van der Waals surface area contributed by atoms with Gasteiger partial charge in [0.15, 0.2) is 6.10 Å². The largest absolute Gasteiger partial charge is 0.472 e. The molecule has 0 bridgehead atoms. The van der Waals surface area contributed by atoms with Gasteiger partial charge in [-0.05, 0) is 84.7 Å². The Balaban J connectivity index is 4.38. The smallest absolute Gasteiger partial charge is 0.462 e. The molecule has 0 rings (SSSR count). The topological polar surface area (TPSA) is 112 Å². The fourth-order valence-corrected chi connectivity index (χ4v) is 6.44. The van der Waals surface area contributed by atoms with Gasteiger partial charge in [0, 0.05) is 19.4 Å². The first-order chi connectivity index (χ1) is 26.7. The molecular formula is C45H82NO8P. The number of hydrogen-bond donors (Lipinski definition) is 1. The maximum atomic E-state index is 12.6. The number of nitrogens with zero attached hydrogens (tertiary/aromatic N) is 1. The molecule has 0 aliphatic heterocycles. The molecule has 2 unspecified atom stereocenters. The van der Waals surface area contributed by atoms with E-state index in [2.05, 4.69) is 62.5 Å². The molecule has 320 valence electrons. The van der Waals surface area contributed by atoms with Crippen LogP contribution in [0.15, 0.2) is 48.6 Å². The molecule has 9 nitrogen and oxygen atoms in total. The summed E-state index contributed by atoms with van der Waals surface area (Å²) in [6.45, 7) is 4.24. The van der Waals surface area contributed by atoms with Crippen LogP contribution < -0.4 is 0 Å². The Morgan fingerprint density at radius 3 is 1.55 bits per heavy atom. The molecule has 2 atom stereocenters. The van der Waals surface area contributed by atoms with Crippen molar-refractivity contribution in [3.8, 4) is 0 Å². The van der Waals surface area contributed by atoms with Gasteiger partial charge in [0.05, 0.1) is 13.2 Å². The quantitative estimate of drug-likeness (QED) is 0.0280. The van der Waals surface area contributed by atoms with Gasteiger partial charge >= 0.3 is 19.8 Å². The molecule has 0 aromatic rings. The van der Waals surface area contributed by atoms with Crippen molar-refractivity contribution in [3.05, 3.63) is 48.6 Å². The Morgan fingerprint density at radius 1 is 0.564 bits per heavy atom. The summed E-state index contributed by atoms with van der Waals surface area (Å²) in [5.74, 6) is -0.870. The van der Waals surface area contributed by atoms with Crippen LogP contribution in [0.1, 0.15) is 181 Å². The highest BCUT2D eigenvalue weighted by molar-refractivity contribution is 7.47. The highest BCUT2D eigenvalue weighted by Crippen LogP contribution is 2.43. The fourth-order valence-electron chi connectivity index (χ4n) is 5.70. The lowest BCUT2D eigenvalue weighted by atomic mass is 10.1. The summed E-state index contributed by atoms with van der Waals surface area (Å²) >= 11 is 0. The van der Waals surface area contributed by atoms with E-state index in [-0.39, 0.29) is 26.1 Å². The number of phosphoric acid groups is 1. The first-order valence-corrected chi connectivity index (χ1v) is 23.4. The summed E-state index contributed by atoms with van der Waals surface area (Å²) < 4.78 is 33.4. The normalized spacial score (nSPS) is 13.9. The minimum absolute atomic E-state index is 0.00209. The maximum Gasteiger partial charge on any atom is 0.472 e. The minimum Gasteiger partial charge on any atom is -0.462 e. The summed E-state index contributed by atoms with van der Waals surface area (Å²) in [6.07, 6.45) is 44.5. The van der Waals surface area contributed by atoms with Crippen molar-refractivity contribution in [2.45, 2.75) is 187 Å². The molecule has 0 radical (unpaired) electrons. The van der Waals surface area contributed by atoms with Gasteiger partial charge in [-0.25, -0.2) is 4.57 Å². The van der Waals surface area contributed by atoms with Gasteiger partial charge in [0.2, 0.25) is 0 Å². The molecule has 0 aromatic heterocycles. The summed E-state index contributed by atoms with van der Waals surface area (Å²) in [6, 6.07) is 0. The van der Waals surface area contributed by atoms with Crippen LogP contribution in [0.4, 0.5) is 0 Å². The molecule has 0 spiro atoms. The number of likely N-dealkylation sites (N-methyl/N-ethyl adjacent to an activating group) is 1. The van der Waals surface area contributed by atoms with Crippen LogP contribution in [0.5, 0.6) is 0 Å². The number of ether oxygens (including phenoxy) is 2. The van der Waals surface area contributed by atoms with Gasteiger partial charge in [-0.15, -0.1) is 0 Å². The molecule has 0 aliphatic rings. The zero-order chi connectivity index (χ0) is 40.5. The monoisotopic (exact) mass is 796 g/mol. The molecule has 0 amide bonds. The second kappa shape index (κ2) is 40.2. The van der Waals surface area contributed by atoms with Crippen molar-refractivity contribution in [3.63, 3.8) is 0 Å². The van der Waals surface area contributed by atoms with Crippen molar-refractivity contribution < 1.29 is 37.6 Å². The van der Waals surface area contributed by atoms with Crippen molar-refractivity contribution in [2.75, 3.05) is 40.5 Å². The first kappa shape index (κ1) is 53.0. The van der Waals surface area contributed by atoms with Crippen LogP contribution >= 0.6 is 7.82 Å². The molecule has 0 saturated carbocycles. The average Bonchev–Trinajstić information content (AvgIpc) is 3.15. The second-order valence-corrected chi connectivity index (χ2v) is 16.3. The van der Waals surface area contributed by atoms with Crippen LogP contribution in [-0.4, -0.2) is 68.3 Å². The van der Waals surface area contributed by atoms with E-state index in [9.17, 15) is 19.0 Å². The summed E-state index contributed by atoms with van der Waals surface area (Å²) in [4.78, 5) is 37.0. The number of allylic oxidation sites excluding steroid dienone is 8. The predicted octanol–water partition coefficient (Wildman–Crippen LogP) is 12.5. The van der Waals surface area contributed by atoms with E-state index in [0.717, 1.165) is 51.4 Å². The summed E-state index contributed by atoms with van der Waals surface area (Å²) in [5, 5.41) is 0. The second-order valence-electron chi connectivity index (χ2n) is 14.9. The molecule has 10 heteroatoms. The average molecular weight is 796 g/mol. The van der Waals surface area contributed by atoms with E-state index in [0.29, 0.717) is 19.4 Å². The van der Waals surface area contributed by atoms with Crippen LogP contribution in [0, 0.1) is 0 Å². The van der Waals surface area contributed by atoms with Gasteiger partial charge < -0.3 is 19.3 Å². The first-order valence-electron chi connectivity index (χ1n) is 21.9. The van der Waals surface area contributed by atoms with Crippen molar-refractivity contribution in [1.29, 1.82) is 0 Å². The lowest BCUT2D eigenvalue weighted by molar-refractivity contribution is -0.161. The van der Waals surface area contributed by atoms with E-state index >= 15 is 0 Å². The van der Waals surface area contributed by atoms with E-state index in [1.165, 1.54) is 89.9 Å². The summed E-state index contributed by atoms with van der Waals surface area (Å²) in [5.41, 5.74) is 0. The van der Waals surface area contributed by atoms with E-state index in [4.69, 9.17) is 18.5 Å². The van der Waals surface area contributed by atoms with Crippen LogP contribution in [0.25, 0.3) is 0 Å². The number of hydrogen-bond acceptors (Lipinski definition) is 8. The molecule has 0 fully saturated rings. The third-order valence-corrected chi connectivity index (χ3v) is 10.1. The van der Waals surface area contributed by atoms with E-state index < -0.39 is 32.5 Å². The van der Waals surface area contributed by atoms with E-state index in [1.807, 2.05) is 19.0 Å². The maximum absolute atomic E-state index is 12.6. The van der Waals surface area contributed by atoms with Crippen LogP contribution in [-0.2, 0) is 32.7 Å². The van der Waals surface area contributed by atoms with Gasteiger partial charge in [0.25, 0.3) is 0 Å². The van der Waals surface area contributed by atoms with Gasteiger partial charge in [-0.2, -0.15) is 0 Å². The minimum atomic E-state index is -4.37. The zero-order valence-electron chi connectivity index (χ0n) is 35.6. The lowest BCUT2D eigenvalue weighted by Crippen LogP contribution is -2.29. The van der Waals surface area contributed by atoms with Crippen LogP contribution in [0.3, 0.4) is 0 Å². The predicted molar refractivity (Wildman–Crippen MR) is 229 cm³/mol. The zero-order valence-corrected chi connectivity index (χ0v) is 36.5. The van der Waals surface area contributed by atoms with Crippen LogP contribution in [0.2, 0.25) is 0 Å². The van der Waals surface area contributed by atoms with E-state index in [1.54, 1.807) is 0 Å². The van der Waals surface area contributed by atoms with Crippen molar-refractivity contribution in [1.82, 2.24) is 4.90 Å². The third-order valence-electron chi connectivity index (χ3n) is 9.11. The standard InChI is InChI=1S/C45H82NO8P/c1-5-7-9-11-13-15-17-19-21-22-24-25-27-29-31-33-35-37-44(47)51-41-43(42-53-55(49,50)52-40-39-46(3)4)54-45(48)38-36-34-32-30-28-26-23-20-18-16-14-12-10-8-6-2/h16,18-19,21,24-25,29,31,43H,5-15,17,20,22-23,26-28,30,32-42H2,1-4H3,(H,49,50)/b18-16-,21-19-,25-24-,31-29-. The molecule has 55 heavy (non-hydrogen) atoms. The van der Waals surface area contributed by atoms with Gasteiger partial charge in [-0.3, -0.25) is 18.6 Å². The van der Waals surface area contributed by atoms with Gasteiger partial charge in [-0.1, -0.05) is 146 Å². The lowest BCUT2D eigenvalue weighted by Gasteiger charge is -2.20. The van der Waals surface area contributed by atoms with Gasteiger partial charge in [0.1, 0.15) is 6.61 Å². The molecule has 0 saturated heterocycles.